The van der Waals surface area contributed by atoms with Crippen LogP contribution in [0.3, 0.4) is 0 Å². The van der Waals surface area contributed by atoms with Gasteiger partial charge in [0, 0.05) is 13.1 Å². The van der Waals surface area contributed by atoms with Gasteiger partial charge in [0.05, 0.1) is 6.10 Å². The van der Waals surface area contributed by atoms with Gasteiger partial charge in [-0.1, -0.05) is 6.08 Å². The largest absolute Gasteiger partial charge is 0.393 e. The van der Waals surface area contributed by atoms with Gasteiger partial charge in [0.1, 0.15) is 5.82 Å². The Morgan fingerprint density at radius 1 is 1.38 bits per heavy atom. The fourth-order valence-electron chi connectivity index (χ4n) is 2.10. The Morgan fingerprint density at radius 2 is 2.00 bits per heavy atom. The van der Waals surface area contributed by atoms with E-state index in [1.54, 1.807) is 18.2 Å². The Bertz CT molecular complexity index is 323. The summed E-state index contributed by atoms with van der Waals surface area (Å²) < 4.78 is 0. The number of piperidine rings is 1. The van der Waals surface area contributed by atoms with Crippen molar-refractivity contribution >= 4 is 0 Å². The lowest BCUT2D eigenvalue weighted by Gasteiger charge is -2.47. The number of aliphatic hydroxyl groups excluding tert-OH is 1. The molecule has 1 atom stereocenters. The molecule has 6 nitrogen and oxygen atoms in total. The highest BCUT2D eigenvalue weighted by atomic mass is 16.5. The third kappa shape index (κ3) is 1.80. The SMILES string of the molecule is NC1=CC=CC(N)(N2CCC(O)CC2)N1O. The molecule has 2 rings (SSSR count). The van der Waals surface area contributed by atoms with Crippen LogP contribution < -0.4 is 11.5 Å². The van der Waals surface area contributed by atoms with Crippen LogP contribution in [0.2, 0.25) is 0 Å². The Morgan fingerprint density at radius 3 is 2.62 bits per heavy atom. The topological polar surface area (TPSA) is 99.0 Å². The molecule has 0 radical (unpaired) electrons. The van der Waals surface area contributed by atoms with E-state index < -0.39 is 5.79 Å². The molecule has 2 aliphatic heterocycles. The summed E-state index contributed by atoms with van der Waals surface area (Å²) in [4.78, 5) is 1.90. The molecule has 16 heavy (non-hydrogen) atoms. The van der Waals surface area contributed by atoms with Gasteiger partial charge in [-0.15, -0.1) is 0 Å². The monoisotopic (exact) mass is 226 g/mol. The number of hydroxylamine groups is 2. The second-order valence-electron chi connectivity index (χ2n) is 4.26. The number of aliphatic hydroxyl groups is 1. The molecular weight excluding hydrogens is 208 g/mol. The Balaban J connectivity index is 2.13. The summed E-state index contributed by atoms with van der Waals surface area (Å²) >= 11 is 0. The van der Waals surface area contributed by atoms with Crippen molar-refractivity contribution in [3.8, 4) is 0 Å². The molecule has 6 heteroatoms. The van der Waals surface area contributed by atoms with Gasteiger partial charge in [0.15, 0.2) is 5.79 Å². The highest BCUT2D eigenvalue weighted by Crippen LogP contribution is 2.24. The standard InChI is InChI=1S/C10H18N4O2/c11-9-2-1-5-10(12,14(9)16)13-6-3-8(15)4-7-13/h1-2,5,8,15-16H,3-4,6-7,11-12H2. The second-order valence-corrected chi connectivity index (χ2v) is 4.26. The molecule has 0 saturated carbocycles. The average Bonchev–Trinajstić information content (AvgIpc) is 2.27. The minimum atomic E-state index is -1.10. The Kier molecular flexibility index (Phi) is 2.90. The van der Waals surface area contributed by atoms with Gasteiger partial charge >= 0.3 is 0 Å². The van der Waals surface area contributed by atoms with E-state index in [9.17, 15) is 10.3 Å². The molecule has 2 heterocycles. The van der Waals surface area contributed by atoms with Gasteiger partial charge in [-0.2, -0.15) is 0 Å². The molecule has 1 saturated heterocycles. The molecule has 0 aromatic heterocycles. The van der Waals surface area contributed by atoms with E-state index in [0.29, 0.717) is 25.9 Å². The maximum absolute atomic E-state index is 9.87. The lowest BCUT2D eigenvalue weighted by Crippen LogP contribution is -2.67. The van der Waals surface area contributed by atoms with E-state index in [4.69, 9.17) is 11.5 Å². The minimum Gasteiger partial charge on any atom is -0.393 e. The summed E-state index contributed by atoms with van der Waals surface area (Å²) in [5.41, 5.74) is 11.7. The first-order valence-electron chi connectivity index (χ1n) is 5.40. The number of rotatable bonds is 1. The zero-order valence-electron chi connectivity index (χ0n) is 9.08. The number of hydrogen-bond donors (Lipinski definition) is 4. The molecule has 0 aliphatic carbocycles. The van der Waals surface area contributed by atoms with Crippen LogP contribution in [0.1, 0.15) is 12.8 Å². The van der Waals surface area contributed by atoms with Crippen LogP contribution in [0.5, 0.6) is 0 Å². The summed E-state index contributed by atoms with van der Waals surface area (Å²) in [7, 11) is 0. The average molecular weight is 226 g/mol. The number of hydrogen-bond acceptors (Lipinski definition) is 6. The van der Waals surface area contributed by atoms with Gasteiger partial charge in [0.2, 0.25) is 0 Å². The predicted octanol–water partition coefficient (Wildman–Crippen LogP) is -0.883. The highest BCUT2D eigenvalue weighted by molar-refractivity contribution is 5.21. The van der Waals surface area contributed by atoms with Crippen molar-refractivity contribution in [2.75, 3.05) is 13.1 Å². The molecule has 1 unspecified atom stereocenters. The van der Waals surface area contributed by atoms with Gasteiger partial charge in [-0.3, -0.25) is 15.8 Å². The van der Waals surface area contributed by atoms with Crippen molar-refractivity contribution in [3.63, 3.8) is 0 Å². The van der Waals surface area contributed by atoms with Crippen LogP contribution in [0, 0.1) is 0 Å². The summed E-state index contributed by atoms with van der Waals surface area (Å²) in [6.07, 6.45) is 6.06. The van der Waals surface area contributed by atoms with Crippen LogP contribution in [0.15, 0.2) is 24.0 Å². The predicted molar refractivity (Wildman–Crippen MR) is 58.8 cm³/mol. The lowest BCUT2D eigenvalue weighted by atomic mass is 10.0. The quantitative estimate of drug-likeness (QED) is 0.463. The Hall–Kier alpha value is -1.08. The van der Waals surface area contributed by atoms with Crippen molar-refractivity contribution in [3.05, 3.63) is 24.0 Å². The van der Waals surface area contributed by atoms with Crippen LogP contribution >= 0.6 is 0 Å². The van der Waals surface area contributed by atoms with Crippen LogP contribution in [0.25, 0.3) is 0 Å². The minimum absolute atomic E-state index is 0.219. The number of likely N-dealkylation sites (tertiary alicyclic amines) is 1. The third-order valence-corrected chi connectivity index (χ3v) is 3.16. The van der Waals surface area contributed by atoms with Crippen molar-refractivity contribution in [1.29, 1.82) is 0 Å². The zero-order valence-corrected chi connectivity index (χ0v) is 9.08. The third-order valence-electron chi connectivity index (χ3n) is 3.16. The fraction of sp³-hybridized carbons (Fsp3) is 0.600. The summed E-state index contributed by atoms with van der Waals surface area (Å²) in [6.45, 7) is 1.26. The molecule has 90 valence electrons. The van der Waals surface area contributed by atoms with E-state index in [1.165, 1.54) is 0 Å². The molecule has 6 N–H and O–H groups in total. The maximum atomic E-state index is 9.87. The van der Waals surface area contributed by atoms with E-state index in [0.717, 1.165) is 5.06 Å². The maximum Gasteiger partial charge on any atom is 0.192 e. The number of nitrogens with two attached hydrogens (primary N) is 2. The number of nitrogens with zero attached hydrogens (tertiary/aromatic N) is 2. The van der Waals surface area contributed by atoms with E-state index in [-0.39, 0.29) is 11.9 Å². The first-order chi connectivity index (χ1) is 7.54. The fourth-order valence-corrected chi connectivity index (χ4v) is 2.10. The molecule has 0 aromatic carbocycles. The summed E-state index contributed by atoms with van der Waals surface area (Å²) in [5.74, 6) is -0.880. The van der Waals surface area contributed by atoms with Gasteiger partial charge in [-0.05, 0) is 25.0 Å². The molecule has 0 spiro atoms. The van der Waals surface area contributed by atoms with Crippen LogP contribution in [-0.2, 0) is 0 Å². The summed E-state index contributed by atoms with van der Waals surface area (Å²) in [5, 5.41) is 20.2. The molecule has 0 amide bonds. The molecule has 1 fully saturated rings. The van der Waals surface area contributed by atoms with E-state index >= 15 is 0 Å². The van der Waals surface area contributed by atoms with Crippen molar-refractivity contribution in [2.45, 2.75) is 24.7 Å². The van der Waals surface area contributed by atoms with Gasteiger partial charge in [-0.25, -0.2) is 5.06 Å². The lowest BCUT2D eigenvalue weighted by molar-refractivity contribution is -0.190. The molecule has 2 aliphatic rings. The zero-order chi connectivity index (χ0) is 11.8. The van der Waals surface area contributed by atoms with Gasteiger partial charge < -0.3 is 10.8 Å². The van der Waals surface area contributed by atoms with Crippen LogP contribution in [0.4, 0.5) is 0 Å². The van der Waals surface area contributed by atoms with Gasteiger partial charge in [0.25, 0.3) is 0 Å². The molecule has 0 bridgehead atoms. The van der Waals surface area contributed by atoms with E-state index in [1.807, 2.05) is 4.90 Å². The van der Waals surface area contributed by atoms with Crippen LogP contribution in [-0.4, -0.2) is 45.3 Å². The first kappa shape index (κ1) is 11.4. The second kappa shape index (κ2) is 4.06. The number of allylic oxidation sites excluding steroid dienone is 2. The molecular formula is C10H18N4O2. The van der Waals surface area contributed by atoms with Crippen molar-refractivity contribution in [1.82, 2.24) is 9.96 Å². The smallest absolute Gasteiger partial charge is 0.192 e. The van der Waals surface area contributed by atoms with Crippen molar-refractivity contribution in [2.24, 2.45) is 11.5 Å². The molecule has 0 aromatic rings. The highest BCUT2D eigenvalue weighted by Gasteiger charge is 2.39. The normalized spacial score (nSPS) is 32.9. The van der Waals surface area contributed by atoms with Crippen molar-refractivity contribution < 1.29 is 10.3 Å². The summed E-state index contributed by atoms with van der Waals surface area (Å²) in [6, 6.07) is 0. The Labute approximate surface area is 94.4 Å². The first-order valence-corrected chi connectivity index (χ1v) is 5.40. The van der Waals surface area contributed by atoms with E-state index in [2.05, 4.69) is 0 Å².